The smallest absolute Gasteiger partial charge is 0.178 e. The van der Waals surface area contributed by atoms with E-state index >= 15 is 0 Å². The van der Waals surface area contributed by atoms with Crippen molar-refractivity contribution in [3.8, 4) is 0 Å². The molecule has 1 heterocycles. The number of fused-ring (bicyclic) bond motifs is 2. The van der Waals surface area contributed by atoms with Crippen LogP contribution in [0.5, 0.6) is 0 Å². The Morgan fingerprint density at radius 2 is 1.59 bits per heavy atom. The van der Waals surface area contributed by atoms with Crippen LogP contribution < -0.4 is 0 Å². The van der Waals surface area contributed by atoms with Crippen LogP contribution in [-0.2, 0) is 16.3 Å². The molecule has 1 aliphatic carbocycles. The molecule has 0 atom stereocenters. The molecule has 2 nitrogen and oxygen atoms in total. The van der Waals surface area contributed by atoms with E-state index in [-0.39, 0.29) is 5.75 Å². The summed E-state index contributed by atoms with van der Waals surface area (Å²) in [5, 5.41) is 0. The molecule has 0 spiro atoms. The van der Waals surface area contributed by atoms with E-state index in [9.17, 15) is 8.42 Å². The van der Waals surface area contributed by atoms with Gasteiger partial charge in [-0.3, -0.25) is 0 Å². The fraction of sp³-hybridized carbons (Fsp3) is 0.286. The Balaban J connectivity index is 1.39. The molecule has 1 aliphatic heterocycles. The van der Waals surface area contributed by atoms with Crippen LogP contribution in [0.3, 0.4) is 0 Å². The average Bonchev–Trinajstić information content (AvgIpc) is 2.82. The Morgan fingerprint density at radius 1 is 0.844 bits per heavy atom. The SMILES string of the molecule is C=C(c1cccc(S(=O)(=O)CC2CCCCC2)c1)c1ccc2c(c1)Cc1ccccc1S2. The first-order valence-electron chi connectivity index (χ1n) is 11.4. The topological polar surface area (TPSA) is 34.1 Å². The highest BCUT2D eigenvalue weighted by molar-refractivity contribution is 7.99. The molecule has 0 saturated heterocycles. The lowest BCUT2D eigenvalue weighted by atomic mass is 9.91. The highest BCUT2D eigenvalue weighted by Crippen LogP contribution is 2.40. The molecule has 4 heteroatoms. The molecule has 0 amide bonds. The van der Waals surface area contributed by atoms with Gasteiger partial charge in [0.1, 0.15) is 0 Å². The molecule has 5 rings (SSSR count). The minimum atomic E-state index is -3.29. The molecule has 0 bridgehead atoms. The van der Waals surface area contributed by atoms with E-state index in [2.05, 4.69) is 49.0 Å². The molecule has 3 aromatic rings. The second-order valence-electron chi connectivity index (χ2n) is 9.00. The van der Waals surface area contributed by atoms with E-state index in [0.717, 1.165) is 48.8 Å². The number of benzene rings is 3. The third-order valence-corrected chi connectivity index (χ3v) is 9.82. The van der Waals surface area contributed by atoms with E-state index < -0.39 is 9.84 Å². The van der Waals surface area contributed by atoms with Crippen molar-refractivity contribution in [3.05, 3.63) is 95.6 Å². The fourth-order valence-electron chi connectivity index (χ4n) is 4.88. The average molecular weight is 461 g/mol. The van der Waals surface area contributed by atoms with Gasteiger partial charge in [-0.05, 0) is 83.3 Å². The first kappa shape index (κ1) is 21.5. The molecule has 32 heavy (non-hydrogen) atoms. The van der Waals surface area contributed by atoms with Crippen molar-refractivity contribution in [1.29, 1.82) is 0 Å². The van der Waals surface area contributed by atoms with Crippen LogP contribution in [0.2, 0.25) is 0 Å². The predicted octanol–water partition coefficient (Wildman–Crippen LogP) is 7.16. The third kappa shape index (κ3) is 4.44. The third-order valence-electron chi connectivity index (χ3n) is 6.70. The van der Waals surface area contributed by atoms with E-state index in [1.165, 1.54) is 27.3 Å². The second kappa shape index (κ2) is 8.92. The van der Waals surface area contributed by atoms with Gasteiger partial charge in [-0.15, -0.1) is 0 Å². The normalized spacial score (nSPS) is 16.2. The summed E-state index contributed by atoms with van der Waals surface area (Å²) < 4.78 is 26.2. The first-order chi connectivity index (χ1) is 15.5. The second-order valence-corrected chi connectivity index (χ2v) is 12.1. The molecular formula is C28H28O2S2. The summed E-state index contributed by atoms with van der Waals surface area (Å²) in [6.45, 7) is 4.33. The lowest BCUT2D eigenvalue weighted by Crippen LogP contribution is -2.19. The lowest BCUT2D eigenvalue weighted by molar-refractivity contribution is 0.385. The molecule has 164 valence electrons. The van der Waals surface area contributed by atoms with Crippen molar-refractivity contribution in [2.45, 2.75) is 53.2 Å². The van der Waals surface area contributed by atoms with Gasteiger partial charge >= 0.3 is 0 Å². The van der Waals surface area contributed by atoms with Gasteiger partial charge in [-0.1, -0.05) is 74.0 Å². The molecule has 2 aliphatic rings. The van der Waals surface area contributed by atoms with Crippen molar-refractivity contribution in [2.24, 2.45) is 5.92 Å². The van der Waals surface area contributed by atoms with E-state index in [4.69, 9.17) is 0 Å². The summed E-state index contributed by atoms with van der Waals surface area (Å²) in [6, 6.07) is 22.4. The summed E-state index contributed by atoms with van der Waals surface area (Å²) >= 11 is 1.81. The molecule has 0 aromatic heterocycles. The molecular weight excluding hydrogens is 432 g/mol. The fourth-order valence-corrected chi connectivity index (χ4v) is 7.67. The Bertz CT molecular complexity index is 1270. The van der Waals surface area contributed by atoms with Gasteiger partial charge in [-0.25, -0.2) is 8.42 Å². The molecule has 3 aromatic carbocycles. The van der Waals surface area contributed by atoms with E-state index in [1.807, 2.05) is 30.0 Å². The van der Waals surface area contributed by atoms with Gasteiger partial charge in [0.25, 0.3) is 0 Å². The minimum absolute atomic E-state index is 0.262. The molecule has 1 fully saturated rings. The summed E-state index contributed by atoms with van der Waals surface area (Å²) in [4.78, 5) is 3.02. The Labute approximate surface area is 195 Å². The maximum absolute atomic E-state index is 13.1. The van der Waals surface area contributed by atoms with Crippen LogP contribution in [0.15, 0.2) is 88.0 Å². The predicted molar refractivity (Wildman–Crippen MR) is 133 cm³/mol. The van der Waals surface area contributed by atoms with E-state index in [1.54, 1.807) is 6.07 Å². The number of hydrogen-bond acceptors (Lipinski definition) is 3. The summed E-state index contributed by atoms with van der Waals surface area (Å²) in [7, 11) is -3.29. The minimum Gasteiger partial charge on any atom is -0.224 e. The maximum atomic E-state index is 13.1. The van der Waals surface area contributed by atoms with Crippen LogP contribution >= 0.6 is 11.8 Å². The molecule has 0 N–H and O–H groups in total. The van der Waals surface area contributed by atoms with Crippen LogP contribution in [-0.4, -0.2) is 14.2 Å². The quantitative estimate of drug-likeness (QED) is 0.317. The van der Waals surface area contributed by atoms with Crippen molar-refractivity contribution in [1.82, 2.24) is 0 Å². The monoisotopic (exact) mass is 460 g/mol. The van der Waals surface area contributed by atoms with Crippen LogP contribution in [0.1, 0.15) is 54.4 Å². The molecule has 1 saturated carbocycles. The van der Waals surface area contributed by atoms with Crippen LogP contribution in [0, 0.1) is 5.92 Å². The Morgan fingerprint density at radius 3 is 2.44 bits per heavy atom. The highest BCUT2D eigenvalue weighted by atomic mass is 32.2. The van der Waals surface area contributed by atoms with Gasteiger partial charge in [-0.2, -0.15) is 0 Å². The van der Waals surface area contributed by atoms with Crippen molar-refractivity contribution < 1.29 is 8.42 Å². The zero-order chi connectivity index (χ0) is 22.1. The van der Waals surface area contributed by atoms with Gasteiger partial charge in [0.05, 0.1) is 10.6 Å². The Hall–Kier alpha value is -2.30. The molecule has 0 unspecified atom stereocenters. The standard InChI is InChI=1S/C28H28O2S2/c1-20(23-14-15-28-25(16-23)17-24-10-5-6-13-27(24)31-28)22-11-7-12-26(18-22)32(29,30)19-21-8-3-2-4-9-21/h5-7,10-16,18,21H,1-4,8-9,17,19H2. The Kier molecular flexibility index (Phi) is 6.00. The maximum Gasteiger partial charge on any atom is 0.178 e. The number of hydrogen-bond donors (Lipinski definition) is 0. The van der Waals surface area contributed by atoms with Gasteiger partial charge in [0, 0.05) is 9.79 Å². The lowest BCUT2D eigenvalue weighted by Gasteiger charge is -2.21. The van der Waals surface area contributed by atoms with Gasteiger partial charge in [0.2, 0.25) is 0 Å². The first-order valence-corrected chi connectivity index (χ1v) is 13.9. The van der Waals surface area contributed by atoms with Crippen molar-refractivity contribution >= 4 is 27.2 Å². The summed E-state index contributed by atoms with van der Waals surface area (Å²) in [5.74, 6) is 0.555. The van der Waals surface area contributed by atoms with Crippen LogP contribution in [0.25, 0.3) is 5.57 Å². The number of sulfone groups is 1. The van der Waals surface area contributed by atoms with Crippen LogP contribution in [0.4, 0.5) is 0 Å². The van der Waals surface area contributed by atoms with Gasteiger partial charge in [0.15, 0.2) is 9.84 Å². The number of rotatable bonds is 5. The largest absolute Gasteiger partial charge is 0.224 e. The van der Waals surface area contributed by atoms with Crippen molar-refractivity contribution in [3.63, 3.8) is 0 Å². The van der Waals surface area contributed by atoms with E-state index in [0.29, 0.717) is 10.8 Å². The zero-order valence-corrected chi connectivity index (χ0v) is 19.9. The summed E-state index contributed by atoms with van der Waals surface area (Å²) in [5.41, 5.74) is 5.44. The summed E-state index contributed by atoms with van der Waals surface area (Å²) in [6.07, 6.45) is 6.51. The highest BCUT2D eigenvalue weighted by Gasteiger charge is 2.23. The zero-order valence-electron chi connectivity index (χ0n) is 18.2. The van der Waals surface area contributed by atoms with Gasteiger partial charge < -0.3 is 0 Å². The molecule has 0 radical (unpaired) electrons. The van der Waals surface area contributed by atoms with Crippen molar-refractivity contribution in [2.75, 3.05) is 5.75 Å².